The minimum atomic E-state index is -0.757. The second-order valence-corrected chi connectivity index (χ2v) is 5.75. The first kappa shape index (κ1) is 21.8. The van der Waals surface area contributed by atoms with Crippen LogP contribution in [0.2, 0.25) is 0 Å². The summed E-state index contributed by atoms with van der Waals surface area (Å²) in [5, 5.41) is 0. The van der Waals surface area contributed by atoms with Gasteiger partial charge in [0.25, 0.3) is 0 Å². The maximum Gasteiger partial charge on any atom is 0.347 e. The molecule has 29 heavy (non-hydrogen) atoms. The van der Waals surface area contributed by atoms with Gasteiger partial charge < -0.3 is 23.8 Å². The van der Waals surface area contributed by atoms with Crippen molar-refractivity contribution < 1.29 is 28.5 Å². The number of rotatable bonds is 9. The molecule has 2 aromatic carbocycles. The van der Waals surface area contributed by atoms with E-state index in [1.54, 1.807) is 57.2 Å². The number of benzene rings is 2. The largest absolute Gasteiger partial charge is 0.497 e. The van der Waals surface area contributed by atoms with Crippen molar-refractivity contribution in [2.75, 3.05) is 32.3 Å². The van der Waals surface area contributed by atoms with E-state index in [-0.39, 0.29) is 18.8 Å². The average molecular weight is 399 g/mol. The molecule has 0 unspecified atom stereocenters. The molecule has 0 fully saturated rings. The molecule has 0 radical (unpaired) electrons. The van der Waals surface area contributed by atoms with E-state index >= 15 is 0 Å². The van der Waals surface area contributed by atoms with Gasteiger partial charge in [-0.1, -0.05) is 6.07 Å². The summed E-state index contributed by atoms with van der Waals surface area (Å²) in [5.41, 5.74) is 1.16. The molecule has 0 aromatic heterocycles. The van der Waals surface area contributed by atoms with Crippen molar-refractivity contribution in [1.29, 1.82) is 0 Å². The van der Waals surface area contributed by atoms with Gasteiger partial charge in [0, 0.05) is 23.6 Å². The number of ether oxygens (including phenoxy) is 4. The van der Waals surface area contributed by atoms with Crippen LogP contribution in [-0.4, -0.2) is 39.4 Å². The predicted molar refractivity (Wildman–Crippen MR) is 109 cm³/mol. The number of esters is 2. The molecular formula is C22H25NO6. The summed E-state index contributed by atoms with van der Waals surface area (Å²) in [4.78, 5) is 26.5. The van der Waals surface area contributed by atoms with Crippen LogP contribution in [0.25, 0.3) is 0 Å². The van der Waals surface area contributed by atoms with Crippen molar-refractivity contribution in [3.8, 4) is 11.5 Å². The number of carbonyl (C=O) groups is 2. The van der Waals surface area contributed by atoms with Crippen molar-refractivity contribution in [2.24, 2.45) is 0 Å². The Balaban J connectivity index is 2.60. The Bertz CT molecular complexity index is 840. The lowest BCUT2D eigenvalue weighted by molar-refractivity contribution is -0.146. The van der Waals surface area contributed by atoms with Crippen LogP contribution in [0.4, 0.5) is 11.4 Å². The molecule has 0 aliphatic rings. The molecule has 0 atom stereocenters. The zero-order valence-corrected chi connectivity index (χ0v) is 17.0. The van der Waals surface area contributed by atoms with Crippen LogP contribution in [0.1, 0.15) is 13.8 Å². The van der Waals surface area contributed by atoms with Crippen molar-refractivity contribution >= 4 is 23.3 Å². The average Bonchev–Trinajstić information content (AvgIpc) is 2.75. The first-order valence-electron chi connectivity index (χ1n) is 9.17. The van der Waals surface area contributed by atoms with Gasteiger partial charge in [-0.3, -0.25) is 0 Å². The van der Waals surface area contributed by atoms with E-state index in [4.69, 9.17) is 18.9 Å². The van der Waals surface area contributed by atoms with E-state index in [0.717, 1.165) is 0 Å². The van der Waals surface area contributed by atoms with Crippen molar-refractivity contribution in [3.63, 3.8) is 0 Å². The number of hydrogen-bond donors (Lipinski definition) is 0. The molecule has 0 aliphatic heterocycles. The van der Waals surface area contributed by atoms with Crippen LogP contribution >= 0.6 is 0 Å². The minimum absolute atomic E-state index is 0.136. The normalized spacial score (nSPS) is 9.93. The van der Waals surface area contributed by atoms with Gasteiger partial charge >= 0.3 is 11.9 Å². The summed E-state index contributed by atoms with van der Waals surface area (Å²) in [6.07, 6.45) is 1.41. The van der Waals surface area contributed by atoms with Crippen LogP contribution in [0.5, 0.6) is 11.5 Å². The van der Waals surface area contributed by atoms with Crippen molar-refractivity contribution in [3.05, 3.63) is 60.3 Å². The van der Waals surface area contributed by atoms with Crippen molar-refractivity contribution in [1.82, 2.24) is 0 Å². The highest BCUT2D eigenvalue weighted by Gasteiger charge is 2.23. The second kappa shape index (κ2) is 10.8. The van der Waals surface area contributed by atoms with Crippen LogP contribution < -0.4 is 14.4 Å². The van der Waals surface area contributed by atoms with E-state index in [1.807, 2.05) is 24.3 Å². The van der Waals surface area contributed by atoms with Crippen molar-refractivity contribution in [2.45, 2.75) is 13.8 Å². The molecule has 0 saturated heterocycles. The summed E-state index contributed by atoms with van der Waals surface area (Å²) >= 11 is 0. The third-order valence-corrected chi connectivity index (χ3v) is 3.93. The standard InChI is InChI=1S/C22H25NO6/c1-5-28-21(24)20(22(25)29-6-2)15-23(16-10-12-18(26-3)13-11-16)17-8-7-9-19(14-17)27-4/h7-15H,5-6H2,1-4H3. The SMILES string of the molecule is CCOC(=O)C(=CN(c1ccc(OC)cc1)c1cccc(OC)c1)C(=O)OCC. The molecule has 7 nitrogen and oxygen atoms in total. The molecule has 2 aromatic rings. The zero-order chi connectivity index (χ0) is 21.2. The van der Waals surface area contributed by atoms with E-state index in [0.29, 0.717) is 22.9 Å². The Morgan fingerprint density at radius 1 is 0.828 bits per heavy atom. The topological polar surface area (TPSA) is 74.3 Å². The molecule has 0 amide bonds. The fourth-order valence-electron chi connectivity index (χ4n) is 2.54. The monoisotopic (exact) mass is 399 g/mol. The van der Waals surface area contributed by atoms with Gasteiger partial charge in [0.15, 0.2) is 5.57 Å². The third kappa shape index (κ3) is 5.75. The lowest BCUT2D eigenvalue weighted by Gasteiger charge is -2.23. The number of methoxy groups -OCH3 is 2. The fourth-order valence-corrected chi connectivity index (χ4v) is 2.54. The molecule has 0 saturated carbocycles. The fraction of sp³-hybridized carbons (Fsp3) is 0.273. The number of hydrogen-bond acceptors (Lipinski definition) is 7. The highest BCUT2D eigenvalue weighted by Crippen LogP contribution is 2.31. The Labute approximate surface area is 170 Å². The minimum Gasteiger partial charge on any atom is -0.497 e. The van der Waals surface area contributed by atoms with E-state index < -0.39 is 11.9 Å². The van der Waals surface area contributed by atoms with E-state index in [1.165, 1.54) is 6.20 Å². The van der Waals surface area contributed by atoms with Gasteiger partial charge in [-0.25, -0.2) is 9.59 Å². The molecule has 7 heteroatoms. The summed E-state index contributed by atoms with van der Waals surface area (Å²) < 4.78 is 20.6. The van der Waals surface area contributed by atoms with Gasteiger partial charge in [-0.15, -0.1) is 0 Å². The Hall–Kier alpha value is -3.48. The lowest BCUT2D eigenvalue weighted by atomic mass is 10.2. The molecule has 0 N–H and O–H groups in total. The Morgan fingerprint density at radius 3 is 1.93 bits per heavy atom. The Morgan fingerprint density at radius 2 is 1.41 bits per heavy atom. The first-order chi connectivity index (χ1) is 14.0. The van der Waals surface area contributed by atoms with Gasteiger partial charge in [0.1, 0.15) is 11.5 Å². The molecule has 154 valence electrons. The summed E-state index contributed by atoms with van der Waals surface area (Å²) in [6, 6.07) is 14.4. The molecular weight excluding hydrogens is 374 g/mol. The zero-order valence-electron chi connectivity index (χ0n) is 17.0. The third-order valence-electron chi connectivity index (χ3n) is 3.93. The lowest BCUT2D eigenvalue weighted by Crippen LogP contribution is -2.22. The molecule has 0 bridgehead atoms. The Kier molecular flexibility index (Phi) is 8.09. The summed E-state index contributed by atoms with van der Waals surface area (Å²) in [7, 11) is 3.14. The summed E-state index contributed by atoms with van der Waals surface area (Å²) in [5.74, 6) is -0.206. The smallest absolute Gasteiger partial charge is 0.347 e. The molecule has 0 heterocycles. The van der Waals surface area contributed by atoms with Gasteiger partial charge in [0.2, 0.25) is 0 Å². The van der Waals surface area contributed by atoms with Crippen LogP contribution in [0, 0.1) is 0 Å². The van der Waals surface area contributed by atoms with Gasteiger partial charge in [0.05, 0.1) is 27.4 Å². The quantitative estimate of drug-likeness (QED) is 0.274. The summed E-state index contributed by atoms with van der Waals surface area (Å²) in [6.45, 7) is 3.61. The first-order valence-corrected chi connectivity index (χ1v) is 9.17. The van der Waals surface area contributed by atoms with Crippen LogP contribution in [0.15, 0.2) is 60.3 Å². The second-order valence-electron chi connectivity index (χ2n) is 5.75. The maximum absolute atomic E-state index is 12.4. The number of anilines is 2. The van der Waals surface area contributed by atoms with E-state index in [9.17, 15) is 9.59 Å². The highest BCUT2D eigenvalue weighted by atomic mass is 16.6. The predicted octanol–water partition coefficient (Wildman–Crippen LogP) is 3.85. The highest BCUT2D eigenvalue weighted by molar-refractivity contribution is 6.14. The van der Waals surface area contributed by atoms with Gasteiger partial charge in [-0.2, -0.15) is 0 Å². The van der Waals surface area contributed by atoms with Crippen LogP contribution in [0.3, 0.4) is 0 Å². The number of carbonyl (C=O) groups excluding carboxylic acids is 2. The molecule has 0 spiro atoms. The maximum atomic E-state index is 12.4. The number of nitrogens with zero attached hydrogens (tertiary/aromatic N) is 1. The molecule has 2 rings (SSSR count). The van der Waals surface area contributed by atoms with Crippen LogP contribution in [-0.2, 0) is 19.1 Å². The van der Waals surface area contributed by atoms with E-state index in [2.05, 4.69) is 0 Å². The van der Waals surface area contributed by atoms with Gasteiger partial charge in [-0.05, 0) is 50.2 Å². The molecule has 0 aliphatic carbocycles.